The molecule has 0 spiro atoms. The summed E-state index contributed by atoms with van der Waals surface area (Å²) in [5.41, 5.74) is 2.98. The van der Waals surface area contributed by atoms with Gasteiger partial charge in [-0.15, -0.1) is 0 Å². The molecule has 1 aromatic carbocycles. The number of rotatable bonds is 6. The van der Waals surface area contributed by atoms with Gasteiger partial charge in [-0.3, -0.25) is 9.48 Å². The second kappa shape index (κ2) is 7.61. The molecule has 0 aliphatic rings. The number of nitrogens with zero attached hydrogens (tertiary/aromatic N) is 2. The van der Waals surface area contributed by atoms with Crippen molar-refractivity contribution in [1.29, 1.82) is 0 Å². The highest BCUT2D eigenvalue weighted by molar-refractivity contribution is 6.02. The van der Waals surface area contributed by atoms with E-state index in [9.17, 15) is 13.6 Å². The monoisotopic (exact) mass is 375 g/mol. The highest BCUT2D eigenvalue weighted by Crippen LogP contribution is 2.23. The Morgan fingerprint density at radius 3 is 2.63 bits per heavy atom. The second-order valence-electron chi connectivity index (χ2n) is 6.16. The van der Waals surface area contributed by atoms with Gasteiger partial charge < -0.3 is 14.5 Å². The van der Waals surface area contributed by atoms with E-state index < -0.39 is 12.5 Å². The topological polar surface area (TPSA) is 69.3 Å². The molecule has 27 heavy (non-hydrogen) atoms. The van der Waals surface area contributed by atoms with Crippen molar-refractivity contribution in [1.82, 2.24) is 9.78 Å². The van der Waals surface area contributed by atoms with Crippen molar-refractivity contribution in [3.05, 3.63) is 64.9 Å². The van der Waals surface area contributed by atoms with Crippen LogP contribution < -0.4 is 10.1 Å². The zero-order valence-electron chi connectivity index (χ0n) is 15.1. The number of hydrogen-bond acceptors (Lipinski definition) is 4. The van der Waals surface area contributed by atoms with Crippen LogP contribution >= 0.6 is 0 Å². The molecular weight excluding hydrogens is 356 g/mol. The van der Waals surface area contributed by atoms with Crippen LogP contribution in [0.5, 0.6) is 5.75 Å². The summed E-state index contributed by atoms with van der Waals surface area (Å²) in [5, 5.41) is 7.06. The zero-order valence-corrected chi connectivity index (χ0v) is 15.1. The van der Waals surface area contributed by atoms with E-state index >= 15 is 0 Å². The van der Waals surface area contributed by atoms with Gasteiger partial charge in [0.05, 0.1) is 12.2 Å². The van der Waals surface area contributed by atoms with Gasteiger partial charge in [-0.2, -0.15) is 13.9 Å². The summed E-state index contributed by atoms with van der Waals surface area (Å²) in [7, 11) is 0. The lowest BCUT2D eigenvalue weighted by atomic mass is 10.2. The number of aryl methyl sites for hydroxylation is 3. The van der Waals surface area contributed by atoms with Gasteiger partial charge in [0.2, 0.25) is 0 Å². The molecule has 2 heterocycles. The SMILES string of the molecule is Cc1cc(C)n(Cc2ccc(C(=O)Nc3ccc(OC(F)F)cc3C)o2)n1. The van der Waals surface area contributed by atoms with Crippen LogP contribution in [0.25, 0.3) is 0 Å². The first kappa shape index (κ1) is 18.6. The van der Waals surface area contributed by atoms with Gasteiger partial charge in [-0.25, -0.2) is 0 Å². The van der Waals surface area contributed by atoms with E-state index in [0.29, 0.717) is 23.6 Å². The smallest absolute Gasteiger partial charge is 0.387 e. The molecular formula is C19H19F2N3O3. The average Bonchev–Trinajstić information content (AvgIpc) is 3.16. The second-order valence-corrected chi connectivity index (χ2v) is 6.16. The molecule has 0 aliphatic carbocycles. The molecule has 0 saturated carbocycles. The van der Waals surface area contributed by atoms with Gasteiger partial charge in [0.1, 0.15) is 11.5 Å². The fraction of sp³-hybridized carbons (Fsp3) is 0.263. The summed E-state index contributed by atoms with van der Waals surface area (Å²) in [4.78, 5) is 12.4. The van der Waals surface area contributed by atoms with Gasteiger partial charge in [0.25, 0.3) is 5.91 Å². The van der Waals surface area contributed by atoms with Gasteiger partial charge >= 0.3 is 6.61 Å². The van der Waals surface area contributed by atoms with Crippen molar-refractivity contribution in [2.45, 2.75) is 33.9 Å². The van der Waals surface area contributed by atoms with Gasteiger partial charge in [-0.1, -0.05) is 0 Å². The number of ether oxygens (including phenoxy) is 1. The lowest BCUT2D eigenvalue weighted by Crippen LogP contribution is -2.12. The quantitative estimate of drug-likeness (QED) is 0.697. The van der Waals surface area contributed by atoms with E-state index in [1.807, 2.05) is 19.9 Å². The largest absolute Gasteiger partial charge is 0.454 e. The maximum Gasteiger partial charge on any atom is 0.387 e. The third-order valence-electron chi connectivity index (χ3n) is 3.97. The van der Waals surface area contributed by atoms with Crippen molar-refractivity contribution in [2.24, 2.45) is 0 Å². The van der Waals surface area contributed by atoms with E-state index in [1.54, 1.807) is 23.7 Å². The van der Waals surface area contributed by atoms with Gasteiger partial charge in [-0.05, 0) is 62.7 Å². The minimum atomic E-state index is -2.89. The fourth-order valence-electron chi connectivity index (χ4n) is 2.70. The predicted octanol–water partition coefficient (Wildman–Crippen LogP) is 4.30. The van der Waals surface area contributed by atoms with Crippen LogP contribution in [0.15, 0.2) is 40.8 Å². The summed E-state index contributed by atoms with van der Waals surface area (Å²) in [6, 6.07) is 9.56. The first-order chi connectivity index (χ1) is 12.8. The summed E-state index contributed by atoms with van der Waals surface area (Å²) >= 11 is 0. The minimum absolute atomic E-state index is 0.0330. The molecule has 0 atom stereocenters. The van der Waals surface area contributed by atoms with Crippen molar-refractivity contribution >= 4 is 11.6 Å². The van der Waals surface area contributed by atoms with Gasteiger partial charge in [0, 0.05) is 11.4 Å². The number of nitrogens with one attached hydrogen (secondary N) is 1. The number of alkyl halides is 2. The molecule has 3 rings (SSSR count). The molecule has 0 unspecified atom stereocenters. The summed E-state index contributed by atoms with van der Waals surface area (Å²) in [6.45, 7) is 3.06. The standard InChI is InChI=1S/C19H19F2N3O3/c1-11-8-14(27-19(20)21)4-6-16(11)22-18(25)17-7-5-15(26-17)10-24-13(3)9-12(2)23-24/h4-9,19H,10H2,1-3H3,(H,22,25). The van der Waals surface area contributed by atoms with E-state index in [1.165, 1.54) is 18.2 Å². The Kier molecular flexibility index (Phi) is 5.25. The van der Waals surface area contributed by atoms with Crippen LogP contribution in [-0.4, -0.2) is 22.3 Å². The molecule has 6 nitrogen and oxygen atoms in total. The Balaban J connectivity index is 1.68. The molecule has 2 aromatic heterocycles. The number of carbonyl (C=O) groups is 1. The highest BCUT2D eigenvalue weighted by Gasteiger charge is 2.14. The summed E-state index contributed by atoms with van der Waals surface area (Å²) in [6.07, 6.45) is 0. The Bertz CT molecular complexity index is 963. The first-order valence-electron chi connectivity index (χ1n) is 8.28. The van der Waals surface area contributed by atoms with Crippen LogP contribution in [0.3, 0.4) is 0 Å². The number of aromatic nitrogens is 2. The molecule has 0 bridgehead atoms. The highest BCUT2D eigenvalue weighted by atomic mass is 19.3. The zero-order chi connectivity index (χ0) is 19.6. The first-order valence-corrected chi connectivity index (χ1v) is 8.28. The Hall–Kier alpha value is -3.16. The average molecular weight is 375 g/mol. The Labute approximate surface area is 154 Å². The summed E-state index contributed by atoms with van der Waals surface area (Å²) < 4.78 is 36.3. The number of carbonyl (C=O) groups excluding carboxylic acids is 1. The van der Waals surface area contributed by atoms with Crippen molar-refractivity contribution in [3.63, 3.8) is 0 Å². The Morgan fingerprint density at radius 1 is 1.22 bits per heavy atom. The number of furan rings is 1. The molecule has 0 saturated heterocycles. The lowest BCUT2D eigenvalue weighted by Gasteiger charge is -2.10. The third kappa shape index (κ3) is 4.52. The number of benzene rings is 1. The molecule has 1 N–H and O–H groups in total. The van der Waals surface area contributed by atoms with Crippen LogP contribution in [0.2, 0.25) is 0 Å². The molecule has 8 heteroatoms. The van der Waals surface area contributed by atoms with E-state index in [-0.39, 0.29) is 11.5 Å². The van der Waals surface area contributed by atoms with Crippen LogP contribution in [0.4, 0.5) is 14.5 Å². The maximum atomic E-state index is 12.4. The Morgan fingerprint density at radius 2 is 2.00 bits per heavy atom. The molecule has 0 fully saturated rings. The molecule has 1 amide bonds. The predicted molar refractivity (Wildman–Crippen MR) is 95.3 cm³/mol. The molecule has 3 aromatic rings. The number of amides is 1. The number of halogens is 2. The van der Waals surface area contributed by atoms with Crippen molar-refractivity contribution in [3.8, 4) is 5.75 Å². The molecule has 0 aliphatic heterocycles. The van der Waals surface area contributed by atoms with Gasteiger partial charge in [0.15, 0.2) is 5.76 Å². The summed E-state index contributed by atoms with van der Waals surface area (Å²) in [5.74, 6) is 0.355. The minimum Gasteiger partial charge on any atom is -0.454 e. The van der Waals surface area contributed by atoms with Crippen LogP contribution in [-0.2, 0) is 6.54 Å². The van der Waals surface area contributed by atoms with Crippen molar-refractivity contribution in [2.75, 3.05) is 5.32 Å². The third-order valence-corrected chi connectivity index (χ3v) is 3.97. The molecule has 0 radical (unpaired) electrons. The van der Waals surface area contributed by atoms with Crippen molar-refractivity contribution < 1.29 is 22.7 Å². The normalized spacial score (nSPS) is 11.0. The lowest BCUT2D eigenvalue weighted by molar-refractivity contribution is -0.0498. The molecule has 142 valence electrons. The number of hydrogen-bond donors (Lipinski definition) is 1. The fourth-order valence-corrected chi connectivity index (χ4v) is 2.70. The maximum absolute atomic E-state index is 12.4. The van der Waals surface area contributed by atoms with Crippen LogP contribution in [0, 0.1) is 20.8 Å². The van der Waals surface area contributed by atoms with E-state index in [4.69, 9.17) is 4.42 Å². The van der Waals surface area contributed by atoms with Crippen LogP contribution in [0.1, 0.15) is 33.3 Å². The number of anilines is 1. The van der Waals surface area contributed by atoms with E-state index in [2.05, 4.69) is 15.2 Å². The van der Waals surface area contributed by atoms with E-state index in [0.717, 1.165) is 11.4 Å².